The molecule has 0 saturated carbocycles. The first-order chi connectivity index (χ1) is 14.6. The van der Waals surface area contributed by atoms with E-state index >= 15 is 0 Å². The molecular weight excluding hydrogens is 436 g/mol. The van der Waals surface area contributed by atoms with Crippen molar-refractivity contribution in [3.63, 3.8) is 0 Å². The highest BCUT2D eigenvalue weighted by Crippen LogP contribution is 2.33. The Bertz CT molecular complexity index is 1250. The van der Waals surface area contributed by atoms with Gasteiger partial charge >= 0.3 is 0 Å². The van der Waals surface area contributed by atoms with Crippen molar-refractivity contribution in [1.29, 1.82) is 0 Å². The molecule has 0 aromatic heterocycles. The van der Waals surface area contributed by atoms with Gasteiger partial charge in [-0.1, -0.05) is 12.5 Å². The average Bonchev–Trinajstić information content (AvgIpc) is 3.16. The van der Waals surface area contributed by atoms with Crippen molar-refractivity contribution in [2.24, 2.45) is 0 Å². The predicted molar refractivity (Wildman–Crippen MR) is 119 cm³/mol. The molecule has 2 aliphatic heterocycles. The Morgan fingerprint density at radius 3 is 2.23 bits per heavy atom. The van der Waals surface area contributed by atoms with Crippen molar-refractivity contribution in [1.82, 2.24) is 4.31 Å². The van der Waals surface area contributed by atoms with E-state index in [-0.39, 0.29) is 15.7 Å². The minimum absolute atomic E-state index is 0.101. The van der Waals surface area contributed by atoms with Gasteiger partial charge in [-0.3, -0.25) is 4.79 Å². The van der Waals surface area contributed by atoms with Crippen LogP contribution < -0.4 is 4.90 Å². The van der Waals surface area contributed by atoms with Gasteiger partial charge in [0.15, 0.2) is 9.84 Å². The van der Waals surface area contributed by atoms with Crippen LogP contribution in [-0.2, 0) is 26.3 Å². The number of aryl methyl sites for hydroxylation is 1. The quantitative estimate of drug-likeness (QED) is 0.697. The normalized spacial score (nSPS) is 17.5. The van der Waals surface area contributed by atoms with Crippen LogP contribution in [0, 0.1) is 6.92 Å². The van der Waals surface area contributed by atoms with Crippen molar-refractivity contribution < 1.29 is 21.6 Å². The lowest BCUT2D eigenvalue weighted by molar-refractivity contribution is 0.0988. The van der Waals surface area contributed by atoms with Gasteiger partial charge in [-0.05, 0) is 67.6 Å². The molecule has 7 nitrogen and oxygen atoms in total. The first kappa shape index (κ1) is 22.0. The second-order valence-electron chi connectivity index (χ2n) is 8.21. The summed E-state index contributed by atoms with van der Waals surface area (Å²) in [5.41, 5.74) is 2.51. The van der Waals surface area contributed by atoms with Gasteiger partial charge in [0, 0.05) is 37.1 Å². The van der Waals surface area contributed by atoms with E-state index < -0.39 is 19.9 Å². The molecule has 0 spiro atoms. The maximum atomic E-state index is 13.2. The number of hydrogen-bond donors (Lipinski definition) is 0. The highest BCUT2D eigenvalue weighted by atomic mass is 32.2. The summed E-state index contributed by atoms with van der Waals surface area (Å²) in [6.45, 7) is 3.27. The molecule has 0 bridgehead atoms. The lowest BCUT2D eigenvalue weighted by Crippen LogP contribution is -2.35. The van der Waals surface area contributed by atoms with Crippen molar-refractivity contribution in [3.8, 4) is 0 Å². The zero-order valence-corrected chi connectivity index (χ0v) is 19.3. The minimum atomic E-state index is -3.54. The summed E-state index contributed by atoms with van der Waals surface area (Å²) in [5, 5.41) is 0. The maximum absolute atomic E-state index is 13.2. The molecule has 0 aliphatic carbocycles. The molecule has 0 N–H and O–H groups in total. The molecule has 9 heteroatoms. The molecule has 0 atom stereocenters. The standard InChI is InChI=1S/C22H26N2O5S2/c1-16-6-7-18(30(2,26)27)15-20(16)22(25)24-13-10-17-14-19(8-9-21(17)24)31(28,29)23-11-4-3-5-12-23/h6-9,14-15H,3-5,10-13H2,1-2H3. The third-order valence-corrected chi connectivity index (χ3v) is 9.02. The van der Waals surface area contributed by atoms with E-state index in [1.807, 2.05) is 0 Å². The lowest BCUT2D eigenvalue weighted by atomic mass is 10.1. The molecule has 2 aromatic rings. The molecular formula is C22H26N2O5S2. The third kappa shape index (κ3) is 4.14. The number of fused-ring (bicyclic) bond motifs is 1. The molecule has 0 unspecified atom stereocenters. The fraction of sp³-hybridized carbons (Fsp3) is 0.409. The van der Waals surface area contributed by atoms with E-state index in [0.717, 1.165) is 31.1 Å². The zero-order chi connectivity index (χ0) is 22.4. The molecule has 31 heavy (non-hydrogen) atoms. The number of carbonyl (C=O) groups is 1. The maximum Gasteiger partial charge on any atom is 0.258 e. The van der Waals surface area contributed by atoms with E-state index in [2.05, 4.69) is 0 Å². The number of rotatable bonds is 4. The van der Waals surface area contributed by atoms with Crippen LogP contribution in [0.15, 0.2) is 46.2 Å². The minimum Gasteiger partial charge on any atom is -0.308 e. The predicted octanol–water partition coefficient (Wildman–Crippen LogP) is 2.78. The topological polar surface area (TPSA) is 91.8 Å². The fourth-order valence-electron chi connectivity index (χ4n) is 4.21. The second kappa shape index (κ2) is 8.03. The molecule has 0 radical (unpaired) electrons. The van der Waals surface area contributed by atoms with Gasteiger partial charge in [-0.2, -0.15) is 4.31 Å². The summed E-state index contributed by atoms with van der Waals surface area (Å²) in [6.07, 6.45) is 4.46. The van der Waals surface area contributed by atoms with Gasteiger partial charge in [-0.25, -0.2) is 16.8 Å². The number of hydrogen-bond acceptors (Lipinski definition) is 5. The van der Waals surface area contributed by atoms with Crippen LogP contribution >= 0.6 is 0 Å². The van der Waals surface area contributed by atoms with E-state index in [1.54, 1.807) is 36.1 Å². The summed E-state index contributed by atoms with van der Waals surface area (Å²) >= 11 is 0. The van der Waals surface area contributed by atoms with E-state index in [1.165, 1.54) is 16.4 Å². The average molecular weight is 463 g/mol. The Balaban J connectivity index is 1.65. The largest absolute Gasteiger partial charge is 0.308 e. The van der Waals surface area contributed by atoms with Crippen LogP contribution in [0.25, 0.3) is 0 Å². The SMILES string of the molecule is Cc1ccc(S(C)(=O)=O)cc1C(=O)N1CCc2cc(S(=O)(=O)N3CCCCC3)ccc21. The van der Waals surface area contributed by atoms with Gasteiger partial charge in [0.1, 0.15) is 0 Å². The van der Waals surface area contributed by atoms with Gasteiger partial charge in [0.25, 0.3) is 5.91 Å². The van der Waals surface area contributed by atoms with Crippen LogP contribution in [0.5, 0.6) is 0 Å². The number of sulfone groups is 1. The summed E-state index contributed by atoms with van der Waals surface area (Å²) in [4.78, 5) is 15.2. The van der Waals surface area contributed by atoms with Crippen molar-refractivity contribution in [2.45, 2.75) is 42.4 Å². The molecule has 2 aromatic carbocycles. The van der Waals surface area contributed by atoms with E-state index in [9.17, 15) is 21.6 Å². The van der Waals surface area contributed by atoms with Crippen molar-refractivity contribution >= 4 is 31.5 Å². The summed E-state index contributed by atoms with van der Waals surface area (Å²) in [5.74, 6) is -0.284. The van der Waals surface area contributed by atoms with Crippen LogP contribution in [0.3, 0.4) is 0 Å². The Kier molecular flexibility index (Phi) is 5.70. The molecule has 2 heterocycles. The molecule has 4 rings (SSSR count). The number of benzene rings is 2. The van der Waals surface area contributed by atoms with Gasteiger partial charge < -0.3 is 4.90 Å². The Morgan fingerprint density at radius 2 is 1.55 bits per heavy atom. The summed E-state index contributed by atoms with van der Waals surface area (Å²) < 4.78 is 51.3. The van der Waals surface area contributed by atoms with Crippen molar-refractivity contribution in [2.75, 3.05) is 30.8 Å². The van der Waals surface area contributed by atoms with Crippen LogP contribution in [0.2, 0.25) is 0 Å². The first-order valence-corrected chi connectivity index (χ1v) is 13.7. The molecule has 166 valence electrons. The van der Waals surface area contributed by atoms with Gasteiger partial charge in [0.2, 0.25) is 10.0 Å². The number of carbonyl (C=O) groups excluding carboxylic acids is 1. The Morgan fingerprint density at radius 1 is 0.871 bits per heavy atom. The Labute approximate surface area is 183 Å². The summed E-state index contributed by atoms with van der Waals surface area (Å²) in [7, 11) is -6.97. The molecule has 1 amide bonds. The monoisotopic (exact) mass is 462 g/mol. The molecule has 1 saturated heterocycles. The van der Waals surface area contributed by atoms with Crippen LogP contribution in [0.1, 0.15) is 40.7 Å². The number of sulfonamides is 1. The molecule has 2 aliphatic rings. The number of piperidine rings is 1. The van der Waals surface area contributed by atoms with Crippen molar-refractivity contribution in [3.05, 3.63) is 53.1 Å². The lowest BCUT2D eigenvalue weighted by Gasteiger charge is -2.26. The smallest absolute Gasteiger partial charge is 0.258 e. The third-order valence-electron chi connectivity index (χ3n) is 6.01. The highest BCUT2D eigenvalue weighted by molar-refractivity contribution is 7.90. The van der Waals surface area contributed by atoms with Gasteiger partial charge in [-0.15, -0.1) is 0 Å². The highest BCUT2D eigenvalue weighted by Gasteiger charge is 2.31. The zero-order valence-electron chi connectivity index (χ0n) is 17.7. The number of anilines is 1. The van der Waals surface area contributed by atoms with Crippen LogP contribution in [0.4, 0.5) is 5.69 Å². The summed E-state index contributed by atoms with van der Waals surface area (Å²) in [6, 6.07) is 9.47. The fourth-order valence-corrected chi connectivity index (χ4v) is 6.43. The first-order valence-electron chi connectivity index (χ1n) is 10.3. The van der Waals surface area contributed by atoms with Crippen LogP contribution in [-0.4, -0.2) is 52.9 Å². The van der Waals surface area contributed by atoms with E-state index in [0.29, 0.717) is 42.9 Å². The molecule has 1 fully saturated rings. The van der Waals surface area contributed by atoms with E-state index in [4.69, 9.17) is 0 Å². The Hall–Kier alpha value is -2.23. The second-order valence-corrected chi connectivity index (χ2v) is 12.2. The number of amides is 1. The number of nitrogens with zero attached hydrogens (tertiary/aromatic N) is 2. The van der Waals surface area contributed by atoms with Gasteiger partial charge in [0.05, 0.1) is 9.79 Å².